The third-order valence-corrected chi connectivity index (χ3v) is 3.20. The van der Waals surface area contributed by atoms with E-state index in [1.807, 2.05) is 17.9 Å². The van der Waals surface area contributed by atoms with Gasteiger partial charge in [-0.05, 0) is 24.3 Å². The van der Waals surface area contributed by atoms with E-state index in [0.29, 0.717) is 5.88 Å². The zero-order valence-corrected chi connectivity index (χ0v) is 10.0. The highest BCUT2D eigenvalue weighted by Crippen LogP contribution is 2.28. The predicted octanol–water partition coefficient (Wildman–Crippen LogP) is 3.01. The monoisotopic (exact) mass is 214 g/mol. The molecule has 0 aliphatic rings. The van der Waals surface area contributed by atoms with Gasteiger partial charge < -0.3 is 0 Å². The van der Waals surface area contributed by atoms with E-state index in [0.717, 1.165) is 18.5 Å². The lowest BCUT2D eigenvalue weighted by atomic mass is 9.83. The quantitative estimate of drug-likeness (QED) is 0.690. The van der Waals surface area contributed by atoms with Crippen molar-refractivity contribution in [2.24, 2.45) is 12.5 Å². The third kappa shape index (κ3) is 3.02. The van der Waals surface area contributed by atoms with Crippen LogP contribution in [0.4, 0.5) is 0 Å². The fourth-order valence-corrected chi connectivity index (χ4v) is 2.03. The summed E-state index contributed by atoms with van der Waals surface area (Å²) in [6.07, 6.45) is 5.30. The smallest absolute Gasteiger partial charge is 0.0630 e. The Labute approximate surface area is 91.3 Å². The molecule has 0 saturated carbocycles. The lowest BCUT2D eigenvalue weighted by Gasteiger charge is -2.25. The average Bonchev–Trinajstić information content (AvgIpc) is 2.51. The van der Waals surface area contributed by atoms with Crippen LogP contribution in [0.15, 0.2) is 12.3 Å². The van der Waals surface area contributed by atoms with Crippen molar-refractivity contribution in [1.82, 2.24) is 9.78 Å². The summed E-state index contributed by atoms with van der Waals surface area (Å²) in [7, 11) is 1.95. The fraction of sp³-hybridized carbons (Fsp3) is 0.727. The van der Waals surface area contributed by atoms with Gasteiger partial charge in [0.15, 0.2) is 0 Å². The van der Waals surface area contributed by atoms with Gasteiger partial charge in [0.25, 0.3) is 0 Å². The number of aryl methyl sites for hydroxylation is 1. The third-order valence-electron chi connectivity index (χ3n) is 2.55. The number of nitrogens with zero attached hydrogens (tertiary/aromatic N) is 2. The van der Waals surface area contributed by atoms with E-state index in [-0.39, 0.29) is 5.41 Å². The summed E-state index contributed by atoms with van der Waals surface area (Å²) in [5.41, 5.74) is 1.34. The summed E-state index contributed by atoms with van der Waals surface area (Å²) in [5.74, 6) is 0.706. The second kappa shape index (κ2) is 4.83. The van der Waals surface area contributed by atoms with Crippen LogP contribution in [0.2, 0.25) is 0 Å². The van der Waals surface area contributed by atoms with Crippen molar-refractivity contribution in [3.63, 3.8) is 0 Å². The molecule has 0 spiro atoms. The molecule has 1 aromatic rings. The van der Waals surface area contributed by atoms with Gasteiger partial charge >= 0.3 is 0 Å². The summed E-state index contributed by atoms with van der Waals surface area (Å²) >= 11 is 6.01. The maximum atomic E-state index is 6.01. The van der Waals surface area contributed by atoms with Gasteiger partial charge in [-0.15, -0.1) is 11.6 Å². The van der Waals surface area contributed by atoms with E-state index in [1.165, 1.54) is 6.42 Å². The molecule has 80 valence electrons. The second-order valence-corrected chi connectivity index (χ2v) is 4.62. The van der Waals surface area contributed by atoms with Crippen molar-refractivity contribution in [2.45, 2.75) is 33.1 Å². The minimum atomic E-state index is 0.199. The fourth-order valence-electron chi connectivity index (χ4n) is 1.80. The molecule has 1 heterocycles. The zero-order valence-electron chi connectivity index (χ0n) is 9.26. The molecule has 2 nitrogen and oxygen atoms in total. The minimum absolute atomic E-state index is 0.199. The van der Waals surface area contributed by atoms with Gasteiger partial charge in [-0.2, -0.15) is 5.10 Å². The SMILES string of the molecule is CCCC(C)(CCl)Cc1ccn(C)n1. The molecule has 0 N–H and O–H groups in total. The first-order valence-corrected chi connectivity index (χ1v) is 5.67. The molecule has 0 aliphatic carbocycles. The van der Waals surface area contributed by atoms with Gasteiger partial charge in [0.1, 0.15) is 0 Å². The topological polar surface area (TPSA) is 17.8 Å². The van der Waals surface area contributed by atoms with Crippen molar-refractivity contribution >= 4 is 11.6 Å². The van der Waals surface area contributed by atoms with Crippen molar-refractivity contribution in [1.29, 1.82) is 0 Å². The first-order chi connectivity index (χ1) is 6.59. The minimum Gasteiger partial charge on any atom is -0.276 e. The Bertz CT molecular complexity index is 283. The van der Waals surface area contributed by atoms with Gasteiger partial charge in [-0.25, -0.2) is 0 Å². The van der Waals surface area contributed by atoms with E-state index >= 15 is 0 Å². The maximum Gasteiger partial charge on any atom is 0.0630 e. The molecule has 0 radical (unpaired) electrons. The number of rotatable bonds is 5. The first kappa shape index (κ1) is 11.6. The highest BCUT2D eigenvalue weighted by atomic mass is 35.5. The summed E-state index contributed by atoms with van der Waals surface area (Å²) in [6.45, 7) is 4.43. The zero-order chi connectivity index (χ0) is 10.6. The molecule has 1 atom stereocenters. The van der Waals surface area contributed by atoms with Gasteiger partial charge in [0.05, 0.1) is 5.69 Å². The van der Waals surface area contributed by atoms with Crippen LogP contribution in [0.1, 0.15) is 32.4 Å². The first-order valence-electron chi connectivity index (χ1n) is 5.14. The summed E-state index contributed by atoms with van der Waals surface area (Å²) < 4.78 is 1.84. The molecule has 0 fully saturated rings. The standard InChI is InChI=1S/C11H19ClN2/c1-4-6-11(2,9-12)8-10-5-7-14(3)13-10/h5,7H,4,6,8-9H2,1-3H3. The van der Waals surface area contributed by atoms with E-state index in [1.54, 1.807) is 0 Å². The lowest BCUT2D eigenvalue weighted by molar-refractivity contribution is 0.330. The van der Waals surface area contributed by atoms with Crippen LogP contribution < -0.4 is 0 Å². The number of alkyl halides is 1. The molecule has 14 heavy (non-hydrogen) atoms. The molecular formula is C11H19ClN2. The van der Waals surface area contributed by atoms with Gasteiger partial charge in [-0.3, -0.25) is 4.68 Å². The molecule has 0 saturated heterocycles. The molecule has 0 aliphatic heterocycles. The van der Waals surface area contributed by atoms with Crippen LogP contribution in [0.5, 0.6) is 0 Å². The largest absolute Gasteiger partial charge is 0.276 e. The number of hydrogen-bond acceptors (Lipinski definition) is 1. The lowest BCUT2D eigenvalue weighted by Crippen LogP contribution is -2.21. The van der Waals surface area contributed by atoms with Crippen LogP contribution in [-0.2, 0) is 13.5 Å². The van der Waals surface area contributed by atoms with Gasteiger partial charge in [-0.1, -0.05) is 20.3 Å². The molecule has 3 heteroatoms. The summed E-state index contributed by atoms with van der Waals surface area (Å²) in [5, 5.41) is 4.38. The molecule has 1 aromatic heterocycles. The van der Waals surface area contributed by atoms with Crippen molar-refractivity contribution < 1.29 is 0 Å². The van der Waals surface area contributed by atoms with E-state index < -0.39 is 0 Å². The van der Waals surface area contributed by atoms with Crippen molar-refractivity contribution in [2.75, 3.05) is 5.88 Å². The van der Waals surface area contributed by atoms with Crippen LogP contribution >= 0.6 is 11.6 Å². The maximum absolute atomic E-state index is 6.01. The Balaban J connectivity index is 2.64. The molecule has 0 amide bonds. The predicted molar refractivity (Wildman–Crippen MR) is 60.6 cm³/mol. The van der Waals surface area contributed by atoms with Crippen molar-refractivity contribution in [3.8, 4) is 0 Å². The highest BCUT2D eigenvalue weighted by Gasteiger charge is 2.23. The molecular weight excluding hydrogens is 196 g/mol. The molecule has 1 unspecified atom stereocenters. The van der Waals surface area contributed by atoms with E-state index in [9.17, 15) is 0 Å². The van der Waals surface area contributed by atoms with E-state index in [4.69, 9.17) is 11.6 Å². The normalized spacial score (nSPS) is 15.4. The second-order valence-electron chi connectivity index (χ2n) is 4.35. The Morgan fingerprint density at radius 1 is 1.57 bits per heavy atom. The Morgan fingerprint density at radius 2 is 2.29 bits per heavy atom. The van der Waals surface area contributed by atoms with E-state index in [2.05, 4.69) is 25.0 Å². The number of hydrogen-bond donors (Lipinski definition) is 0. The van der Waals surface area contributed by atoms with Crippen molar-refractivity contribution in [3.05, 3.63) is 18.0 Å². The van der Waals surface area contributed by atoms with Crippen LogP contribution in [0.3, 0.4) is 0 Å². The Hall–Kier alpha value is -0.500. The Kier molecular flexibility index (Phi) is 3.99. The highest BCUT2D eigenvalue weighted by molar-refractivity contribution is 6.18. The summed E-state index contributed by atoms with van der Waals surface area (Å²) in [6, 6.07) is 2.07. The Morgan fingerprint density at radius 3 is 2.71 bits per heavy atom. The number of aromatic nitrogens is 2. The number of halogens is 1. The molecule has 0 aromatic carbocycles. The van der Waals surface area contributed by atoms with Crippen LogP contribution in [0.25, 0.3) is 0 Å². The van der Waals surface area contributed by atoms with Gasteiger partial charge in [0, 0.05) is 19.1 Å². The van der Waals surface area contributed by atoms with Crippen LogP contribution in [0, 0.1) is 5.41 Å². The van der Waals surface area contributed by atoms with Gasteiger partial charge in [0.2, 0.25) is 0 Å². The average molecular weight is 215 g/mol. The molecule has 1 rings (SSSR count). The van der Waals surface area contributed by atoms with Crippen LogP contribution in [-0.4, -0.2) is 15.7 Å². The molecule has 0 bridgehead atoms. The summed E-state index contributed by atoms with van der Waals surface area (Å²) in [4.78, 5) is 0.